The normalized spacial score (nSPS) is 25.7. The summed E-state index contributed by atoms with van der Waals surface area (Å²) in [5.41, 5.74) is 1.38. The zero-order valence-electron chi connectivity index (χ0n) is 9.69. The molecule has 1 nitrogen and oxygen atoms in total. The van der Waals surface area contributed by atoms with Gasteiger partial charge in [0.2, 0.25) is 0 Å². The van der Waals surface area contributed by atoms with Crippen LogP contribution < -0.4 is 0 Å². The van der Waals surface area contributed by atoms with E-state index in [2.05, 4.69) is 31.2 Å². The molecule has 2 heteroatoms. The molecule has 0 radical (unpaired) electrons. The van der Waals surface area contributed by atoms with Crippen LogP contribution in [-0.2, 0) is 11.2 Å². The molecule has 0 amide bonds. The monoisotopic (exact) mass is 234 g/mol. The molecule has 2 atom stereocenters. The van der Waals surface area contributed by atoms with E-state index in [1.807, 2.05) is 6.07 Å². The van der Waals surface area contributed by atoms with Crippen LogP contribution in [0.2, 0.25) is 0 Å². The second-order valence-electron chi connectivity index (χ2n) is 4.68. The molecule has 1 fully saturated rings. The lowest BCUT2D eigenvalue weighted by Crippen LogP contribution is -2.20. The Bertz CT molecular complexity index is 347. The van der Waals surface area contributed by atoms with Gasteiger partial charge < -0.3 is 0 Å². The minimum absolute atomic E-state index is 0.386. The van der Waals surface area contributed by atoms with Crippen LogP contribution in [0.25, 0.3) is 0 Å². The molecule has 1 aromatic carbocycles. The highest BCUT2D eigenvalue weighted by atomic mass is 32.2. The minimum Gasteiger partial charge on any atom is -0.287 e. The quantitative estimate of drug-likeness (QED) is 0.793. The summed E-state index contributed by atoms with van der Waals surface area (Å²) in [6.45, 7) is 2.19. The first kappa shape index (κ1) is 11.7. The summed E-state index contributed by atoms with van der Waals surface area (Å²) in [6.07, 6.45) is 4.19. The predicted octanol–water partition coefficient (Wildman–Crippen LogP) is 3.68. The van der Waals surface area contributed by atoms with Crippen LogP contribution in [0.4, 0.5) is 0 Å². The fourth-order valence-electron chi connectivity index (χ4n) is 2.25. The molecule has 0 bridgehead atoms. The molecule has 0 saturated carbocycles. The van der Waals surface area contributed by atoms with Crippen LogP contribution in [0.1, 0.15) is 31.7 Å². The molecule has 0 aliphatic carbocycles. The molecular formula is C14H18OS. The number of hydrogen-bond acceptors (Lipinski definition) is 2. The smallest absolute Gasteiger partial charge is 0.189 e. The van der Waals surface area contributed by atoms with Gasteiger partial charge in [-0.25, -0.2) is 0 Å². The molecule has 1 aromatic rings. The van der Waals surface area contributed by atoms with Crippen molar-refractivity contribution < 1.29 is 4.79 Å². The van der Waals surface area contributed by atoms with Gasteiger partial charge in [-0.2, -0.15) is 0 Å². The van der Waals surface area contributed by atoms with Crippen molar-refractivity contribution >= 4 is 16.9 Å². The molecule has 16 heavy (non-hydrogen) atoms. The van der Waals surface area contributed by atoms with Crippen molar-refractivity contribution in [3.05, 3.63) is 35.9 Å². The summed E-state index contributed by atoms with van der Waals surface area (Å²) >= 11 is 1.57. The van der Waals surface area contributed by atoms with E-state index in [-0.39, 0.29) is 0 Å². The fraction of sp³-hybridized carbons (Fsp3) is 0.500. The second-order valence-corrected chi connectivity index (χ2v) is 6.04. The van der Waals surface area contributed by atoms with Gasteiger partial charge in [0.05, 0.1) is 0 Å². The summed E-state index contributed by atoms with van der Waals surface area (Å²) in [7, 11) is 0. The molecule has 0 spiro atoms. The summed E-state index contributed by atoms with van der Waals surface area (Å²) < 4.78 is 0. The van der Waals surface area contributed by atoms with Crippen molar-refractivity contribution in [2.45, 2.75) is 37.9 Å². The van der Waals surface area contributed by atoms with Gasteiger partial charge in [-0.05, 0) is 30.7 Å². The molecule has 86 valence electrons. The lowest BCUT2D eigenvalue weighted by atomic mass is 9.98. The summed E-state index contributed by atoms with van der Waals surface area (Å²) in [5, 5.41) is 0.924. The first-order valence-electron chi connectivity index (χ1n) is 5.97. The Kier molecular flexibility index (Phi) is 4.05. The fourth-order valence-corrected chi connectivity index (χ4v) is 3.66. The zero-order chi connectivity index (χ0) is 11.4. The number of rotatable bonds is 3. The van der Waals surface area contributed by atoms with Crippen LogP contribution >= 0.6 is 11.8 Å². The molecule has 0 N–H and O–H groups in total. The molecule has 1 saturated heterocycles. The van der Waals surface area contributed by atoms with E-state index in [1.165, 1.54) is 12.0 Å². The van der Waals surface area contributed by atoms with Crippen LogP contribution in [0.15, 0.2) is 30.3 Å². The molecule has 0 aromatic heterocycles. The SMILES string of the molecule is CC1CC(=O)SC(CCc2ccccc2)C1. The third-order valence-corrected chi connectivity index (χ3v) is 4.27. The highest BCUT2D eigenvalue weighted by molar-refractivity contribution is 8.14. The maximum atomic E-state index is 11.5. The lowest BCUT2D eigenvalue weighted by Gasteiger charge is -2.24. The van der Waals surface area contributed by atoms with Gasteiger partial charge in [0.15, 0.2) is 5.12 Å². The number of carbonyl (C=O) groups is 1. The van der Waals surface area contributed by atoms with Gasteiger partial charge in [-0.15, -0.1) is 0 Å². The first-order valence-corrected chi connectivity index (χ1v) is 6.85. The Morgan fingerprint density at radius 1 is 1.31 bits per heavy atom. The lowest BCUT2D eigenvalue weighted by molar-refractivity contribution is -0.112. The number of benzene rings is 1. The maximum Gasteiger partial charge on any atom is 0.189 e. The van der Waals surface area contributed by atoms with E-state index in [9.17, 15) is 4.79 Å². The van der Waals surface area contributed by atoms with Gasteiger partial charge in [0, 0.05) is 11.7 Å². The molecular weight excluding hydrogens is 216 g/mol. The highest BCUT2D eigenvalue weighted by Crippen LogP contribution is 2.33. The standard InChI is InChI=1S/C14H18OS/c1-11-9-13(16-14(15)10-11)8-7-12-5-3-2-4-6-12/h2-6,11,13H,7-10H2,1H3. The van der Waals surface area contributed by atoms with Crippen LogP contribution in [0.3, 0.4) is 0 Å². The van der Waals surface area contributed by atoms with Gasteiger partial charge in [-0.3, -0.25) is 4.79 Å². The molecule has 2 unspecified atom stereocenters. The summed E-state index contributed by atoms with van der Waals surface area (Å²) in [6, 6.07) is 10.5. The highest BCUT2D eigenvalue weighted by Gasteiger charge is 2.24. The Balaban J connectivity index is 1.84. The molecule has 1 aliphatic heterocycles. The van der Waals surface area contributed by atoms with Crippen LogP contribution in [0.5, 0.6) is 0 Å². The van der Waals surface area contributed by atoms with Crippen molar-refractivity contribution in [1.29, 1.82) is 0 Å². The maximum absolute atomic E-state index is 11.5. The number of thioether (sulfide) groups is 1. The molecule has 1 heterocycles. The third-order valence-electron chi connectivity index (χ3n) is 3.08. The average Bonchev–Trinajstić information content (AvgIpc) is 2.27. The topological polar surface area (TPSA) is 17.1 Å². The second kappa shape index (κ2) is 5.53. The number of aryl methyl sites for hydroxylation is 1. The van der Waals surface area contributed by atoms with E-state index in [0.29, 0.717) is 16.3 Å². The average molecular weight is 234 g/mol. The Hall–Kier alpha value is -0.760. The van der Waals surface area contributed by atoms with Crippen molar-refractivity contribution in [3.8, 4) is 0 Å². The summed E-state index contributed by atoms with van der Waals surface area (Å²) in [5.74, 6) is 0.578. The molecule has 2 rings (SSSR count). The number of hydrogen-bond donors (Lipinski definition) is 0. The van der Waals surface area contributed by atoms with Gasteiger partial charge in [-0.1, -0.05) is 49.0 Å². The van der Waals surface area contributed by atoms with Crippen LogP contribution in [0, 0.1) is 5.92 Å². The van der Waals surface area contributed by atoms with Crippen molar-refractivity contribution in [2.75, 3.05) is 0 Å². The Labute approximate surface area is 102 Å². The minimum atomic E-state index is 0.386. The number of carbonyl (C=O) groups excluding carboxylic acids is 1. The van der Waals surface area contributed by atoms with E-state index in [1.54, 1.807) is 11.8 Å². The van der Waals surface area contributed by atoms with E-state index in [0.717, 1.165) is 19.3 Å². The van der Waals surface area contributed by atoms with E-state index >= 15 is 0 Å². The zero-order valence-corrected chi connectivity index (χ0v) is 10.5. The van der Waals surface area contributed by atoms with Gasteiger partial charge >= 0.3 is 0 Å². The summed E-state index contributed by atoms with van der Waals surface area (Å²) in [4.78, 5) is 11.5. The molecule has 1 aliphatic rings. The Morgan fingerprint density at radius 3 is 2.75 bits per heavy atom. The largest absolute Gasteiger partial charge is 0.287 e. The van der Waals surface area contributed by atoms with E-state index < -0.39 is 0 Å². The van der Waals surface area contributed by atoms with Crippen molar-refractivity contribution in [1.82, 2.24) is 0 Å². The van der Waals surface area contributed by atoms with Gasteiger partial charge in [0.25, 0.3) is 0 Å². The van der Waals surface area contributed by atoms with Crippen molar-refractivity contribution in [2.24, 2.45) is 5.92 Å². The third kappa shape index (κ3) is 3.38. The first-order chi connectivity index (χ1) is 7.74. The van der Waals surface area contributed by atoms with Crippen LogP contribution in [-0.4, -0.2) is 10.4 Å². The van der Waals surface area contributed by atoms with Gasteiger partial charge in [0.1, 0.15) is 0 Å². The predicted molar refractivity (Wildman–Crippen MR) is 69.5 cm³/mol. The van der Waals surface area contributed by atoms with E-state index in [4.69, 9.17) is 0 Å². The Morgan fingerprint density at radius 2 is 2.06 bits per heavy atom. The van der Waals surface area contributed by atoms with Crippen molar-refractivity contribution in [3.63, 3.8) is 0 Å².